The highest BCUT2D eigenvalue weighted by atomic mass is 79.9. The Hall–Kier alpha value is -0.710. The summed E-state index contributed by atoms with van der Waals surface area (Å²) in [6, 6.07) is 8.20. The van der Waals surface area contributed by atoms with E-state index in [0.29, 0.717) is 12.5 Å². The van der Waals surface area contributed by atoms with Crippen molar-refractivity contribution in [3.05, 3.63) is 34.3 Å². The normalized spacial score (nSPS) is 21.5. The summed E-state index contributed by atoms with van der Waals surface area (Å²) >= 11 is 3.38. The third kappa shape index (κ3) is 4.13. The van der Waals surface area contributed by atoms with E-state index < -0.39 is 0 Å². The summed E-state index contributed by atoms with van der Waals surface area (Å²) in [5.41, 5.74) is 0.811. The molecule has 0 saturated carbocycles. The van der Waals surface area contributed by atoms with Crippen molar-refractivity contribution in [2.45, 2.75) is 19.4 Å². The quantitative estimate of drug-likeness (QED) is 0.795. The van der Waals surface area contributed by atoms with Gasteiger partial charge in [-0.15, -0.1) is 0 Å². The smallest absolute Gasteiger partial charge is 0.164 e. The van der Waals surface area contributed by atoms with Gasteiger partial charge in [0.05, 0.1) is 0 Å². The number of carbonyl (C=O) groups excluding carboxylic acids is 1. The number of ketones is 1. The third-order valence-corrected chi connectivity index (χ3v) is 4.39. The highest BCUT2D eigenvalue weighted by Gasteiger charge is 2.20. The van der Waals surface area contributed by atoms with Gasteiger partial charge in [0.1, 0.15) is 0 Å². The summed E-state index contributed by atoms with van der Waals surface area (Å²) in [6.45, 7) is 6.32. The van der Waals surface area contributed by atoms with Crippen molar-refractivity contribution in [1.29, 1.82) is 0 Å². The van der Waals surface area contributed by atoms with Crippen LogP contribution in [0.3, 0.4) is 0 Å². The molecule has 0 aliphatic carbocycles. The van der Waals surface area contributed by atoms with Crippen LogP contribution >= 0.6 is 15.9 Å². The maximum atomic E-state index is 12.1. The number of piperazine rings is 1. The van der Waals surface area contributed by atoms with Crippen molar-refractivity contribution < 1.29 is 4.79 Å². The zero-order valence-electron chi connectivity index (χ0n) is 11.6. The molecule has 0 N–H and O–H groups in total. The van der Waals surface area contributed by atoms with Crippen molar-refractivity contribution >= 4 is 21.7 Å². The number of likely N-dealkylation sites (N-methyl/N-ethyl adjacent to an activating group) is 1. The van der Waals surface area contributed by atoms with Gasteiger partial charge >= 0.3 is 0 Å². The Morgan fingerprint density at radius 3 is 2.63 bits per heavy atom. The molecule has 1 atom stereocenters. The van der Waals surface area contributed by atoms with E-state index in [4.69, 9.17) is 0 Å². The van der Waals surface area contributed by atoms with Crippen LogP contribution in [0.1, 0.15) is 23.7 Å². The molecule has 1 aromatic rings. The lowest BCUT2D eigenvalue weighted by molar-refractivity contribution is 0.0873. The number of halogens is 1. The molecule has 1 heterocycles. The SMILES string of the molecule is CC1CN(CCC(=O)c2ccc(Br)cc2)CCN1C. The largest absolute Gasteiger partial charge is 0.301 e. The average Bonchev–Trinajstić information content (AvgIpc) is 2.40. The summed E-state index contributed by atoms with van der Waals surface area (Å²) in [7, 11) is 2.16. The van der Waals surface area contributed by atoms with Crippen LogP contribution in [0.25, 0.3) is 0 Å². The minimum absolute atomic E-state index is 0.235. The van der Waals surface area contributed by atoms with E-state index in [0.717, 1.165) is 36.2 Å². The Bertz CT molecular complexity index is 432. The maximum absolute atomic E-state index is 12.1. The monoisotopic (exact) mass is 324 g/mol. The Balaban J connectivity index is 1.82. The Kier molecular flexibility index (Phi) is 5.13. The van der Waals surface area contributed by atoms with E-state index in [1.165, 1.54) is 0 Å². The first-order valence-electron chi connectivity index (χ1n) is 6.77. The lowest BCUT2D eigenvalue weighted by Crippen LogP contribution is -2.50. The maximum Gasteiger partial charge on any atom is 0.164 e. The molecule has 1 saturated heterocycles. The molecule has 2 rings (SSSR count). The average molecular weight is 325 g/mol. The van der Waals surface area contributed by atoms with E-state index in [1.54, 1.807) is 0 Å². The molecule has 1 aliphatic heterocycles. The molecule has 19 heavy (non-hydrogen) atoms. The second kappa shape index (κ2) is 6.64. The molecule has 0 bridgehead atoms. The first-order valence-corrected chi connectivity index (χ1v) is 7.57. The third-order valence-electron chi connectivity index (χ3n) is 3.87. The van der Waals surface area contributed by atoms with Gasteiger partial charge in [0, 0.05) is 48.7 Å². The number of rotatable bonds is 4. The van der Waals surface area contributed by atoms with E-state index in [9.17, 15) is 4.79 Å². The van der Waals surface area contributed by atoms with E-state index in [2.05, 4.69) is 39.7 Å². The van der Waals surface area contributed by atoms with Crippen LogP contribution < -0.4 is 0 Å². The fraction of sp³-hybridized carbons (Fsp3) is 0.533. The zero-order chi connectivity index (χ0) is 13.8. The van der Waals surface area contributed by atoms with Crippen LogP contribution in [0.15, 0.2) is 28.7 Å². The Morgan fingerprint density at radius 1 is 1.32 bits per heavy atom. The lowest BCUT2D eigenvalue weighted by atomic mass is 10.1. The molecule has 0 aromatic heterocycles. The molecule has 1 fully saturated rings. The number of benzene rings is 1. The molecule has 0 amide bonds. The first kappa shape index (κ1) is 14.7. The van der Waals surface area contributed by atoms with Gasteiger partial charge < -0.3 is 9.80 Å². The molecular formula is C15H21BrN2O. The van der Waals surface area contributed by atoms with Gasteiger partial charge in [-0.1, -0.05) is 28.1 Å². The molecule has 0 spiro atoms. The summed E-state index contributed by atoms with van der Waals surface area (Å²) in [4.78, 5) is 16.9. The topological polar surface area (TPSA) is 23.6 Å². The molecule has 0 radical (unpaired) electrons. The van der Waals surface area contributed by atoms with Crippen molar-refractivity contribution in [2.75, 3.05) is 33.2 Å². The fourth-order valence-corrected chi connectivity index (χ4v) is 2.63. The van der Waals surface area contributed by atoms with Crippen LogP contribution in [0.4, 0.5) is 0 Å². The van der Waals surface area contributed by atoms with E-state index in [-0.39, 0.29) is 5.78 Å². The zero-order valence-corrected chi connectivity index (χ0v) is 13.2. The summed E-state index contributed by atoms with van der Waals surface area (Å²) in [6.07, 6.45) is 0.609. The number of hydrogen-bond acceptors (Lipinski definition) is 3. The van der Waals surface area contributed by atoms with Gasteiger partial charge in [-0.3, -0.25) is 4.79 Å². The van der Waals surface area contributed by atoms with Crippen molar-refractivity contribution in [1.82, 2.24) is 9.80 Å². The van der Waals surface area contributed by atoms with Crippen LogP contribution in [0, 0.1) is 0 Å². The first-order chi connectivity index (χ1) is 9.06. The number of carbonyl (C=O) groups is 1. The molecule has 104 valence electrons. The van der Waals surface area contributed by atoms with Crippen LogP contribution in [0.2, 0.25) is 0 Å². The standard InChI is InChI=1S/C15H21BrN2O/c1-12-11-18(10-9-17(12)2)8-7-15(19)13-3-5-14(16)6-4-13/h3-6,12H,7-11H2,1-2H3. The van der Waals surface area contributed by atoms with Gasteiger partial charge in [-0.05, 0) is 26.1 Å². The predicted octanol–water partition coefficient (Wildman–Crippen LogP) is 2.66. The van der Waals surface area contributed by atoms with Crippen LogP contribution in [-0.4, -0.2) is 54.9 Å². The van der Waals surface area contributed by atoms with Crippen molar-refractivity contribution in [3.8, 4) is 0 Å². The molecule has 1 aliphatic rings. The van der Waals surface area contributed by atoms with Crippen LogP contribution in [-0.2, 0) is 0 Å². The number of hydrogen-bond donors (Lipinski definition) is 0. The van der Waals surface area contributed by atoms with Gasteiger partial charge in [-0.25, -0.2) is 0 Å². The summed E-state index contributed by atoms with van der Waals surface area (Å²) in [5.74, 6) is 0.235. The molecular weight excluding hydrogens is 304 g/mol. The molecule has 1 aromatic carbocycles. The summed E-state index contributed by atoms with van der Waals surface area (Å²) < 4.78 is 1.01. The number of Topliss-reactive ketones (excluding diaryl/α,β-unsaturated/α-hetero) is 1. The second-order valence-corrected chi connectivity index (χ2v) is 6.23. The van der Waals surface area contributed by atoms with Crippen molar-refractivity contribution in [2.24, 2.45) is 0 Å². The molecule has 4 heteroatoms. The van der Waals surface area contributed by atoms with Crippen LogP contribution in [0.5, 0.6) is 0 Å². The van der Waals surface area contributed by atoms with E-state index >= 15 is 0 Å². The predicted molar refractivity (Wildman–Crippen MR) is 81.6 cm³/mol. The van der Waals surface area contributed by atoms with Gasteiger partial charge in [0.25, 0.3) is 0 Å². The van der Waals surface area contributed by atoms with Gasteiger partial charge in [0.2, 0.25) is 0 Å². The molecule has 1 unspecified atom stereocenters. The van der Waals surface area contributed by atoms with Crippen molar-refractivity contribution in [3.63, 3.8) is 0 Å². The Morgan fingerprint density at radius 2 is 2.00 bits per heavy atom. The summed E-state index contributed by atoms with van der Waals surface area (Å²) in [5, 5.41) is 0. The Labute approximate surface area is 123 Å². The number of nitrogens with zero attached hydrogens (tertiary/aromatic N) is 2. The minimum Gasteiger partial charge on any atom is -0.301 e. The minimum atomic E-state index is 0.235. The fourth-order valence-electron chi connectivity index (χ4n) is 2.37. The lowest BCUT2D eigenvalue weighted by Gasteiger charge is -2.37. The highest BCUT2D eigenvalue weighted by Crippen LogP contribution is 2.13. The van der Waals surface area contributed by atoms with Gasteiger partial charge in [-0.2, -0.15) is 0 Å². The van der Waals surface area contributed by atoms with Gasteiger partial charge in [0.15, 0.2) is 5.78 Å². The highest BCUT2D eigenvalue weighted by molar-refractivity contribution is 9.10. The molecule has 3 nitrogen and oxygen atoms in total. The van der Waals surface area contributed by atoms with E-state index in [1.807, 2.05) is 24.3 Å². The second-order valence-electron chi connectivity index (χ2n) is 5.31.